The van der Waals surface area contributed by atoms with Crippen molar-refractivity contribution in [2.24, 2.45) is 23.5 Å². The number of nitrogens with zero attached hydrogens (tertiary/aromatic N) is 1. The molecule has 2 bridgehead atoms. The average molecular weight is 222 g/mol. The number of hydrogen-bond acceptors (Lipinski definition) is 2. The molecule has 0 aromatic carbocycles. The van der Waals surface area contributed by atoms with Crippen molar-refractivity contribution < 1.29 is 4.79 Å². The van der Waals surface area contributed by atoms with E-state index in [0.29, 0.717) is 23.8 Å². The highest BCUT2D eigenvalue weighted by Gasteiger charge is 2.50. The Labute approximate surface area is 97.4 Å². The number of nitrogens with two attached hydrogens (primary N) is 1. The minimum atomic E-state index is 0.152. The molecule has 5 unspecified atom stereocenters. The number of fused-ring (bicyclic) bond motifs is 2. The molecular formula is C13H22N2O. The van der Waals surface area contributed by atoms with E-state index in [1.165, 1.54) is 32.1 Å². The maximum absolute atomic E-state index is 12.5. The van der Waals surface area contributed by atoms with E-state index in [1.807, 2.05) is 0 Å². The molecule has 90 valence electrons. The lowest BCUT2D eigenvalue weighted by molar-refractivity contribution is -0.138. The first-order valence-corrected chi connectivity index (χ1v) is 6.74. The van der Waals surface area contributed by atoms with Gasteiger partial charge in [0.25, 0.3) is 0 Å². The Hall–Kier alpha value is -0.570. The molecule has 2 aliphatic carbocycles. The van der Waals surface area contributed by atoms with E-state index in [1.54, 1.807) is 0 Å². The maximum Gasteiger partial charge on any atom is 0.227 e. The zero-order chi connectivity index (χ0) is 11.3. The SMILES string of the molecule is CC1CCCN1C(=O)C1C2CCC(C2)C1N. The molecule has 1 amide bonds. The van der Waals surface area contributed by atoms with E-state index < -0.39 is 0 Å². The minimum absolute atomic E-state index is 0.152. The molecule has 0 radical (unpaired) electrons. The molecular weight excluding hydrogens is 200 g/mol. The van der Waals surface area contributed by atoms with Crippen molar-refractivity contribution in [3.05, 3.63) is 0 Å². The van der Waals surface area contributed by atoms with E-state index in [0.717, 1.165) is 6.54 Å². The van der Waals surface area contributed by atoms with Gasteiger partial charge in [0.15, 0.2) is 0 Å². The highest BCUT2D eigenvalue weighted by molar-refractivity contribution is 5.81. The highest BCUT2D eigenvalue weighted by atomic mass is 16.2. The van der Waals surface area contributed by atoms with Crippen molar-refractivity contribution in [3.63, 3.8) is 0 Å². The van der Waals surface area contributed by atoms with Crippen molar-refractivity contribution >= 4 is 5.91 Å². The molecule has 1 saturated heterocycles. The summed E-state index contributed by atoms with van der Waals surface area (Å²) < 4.78 is 0. The minimum Gasteiger partial charge on any atom is -0.340 e. The third-order valence-electron chi connectivity index (χ3n) is 5.10. The van der Waals surface area contributed by atoms with Crippen LogP contribution in [0.2, 0.25) is 0 Å². The fourth-order valence-electron chi connectivity index (χ4n) is 4.15. The summed E-state index contributed by atoms with van der Waals surface area (Å²) in [4.78, 5) is 14.6. The van der Waals surface area contributed by atoms with E-state index >= 15 is 0 Å². The van der Waals surface area contributed by atoms with E-state index in [9.17, 15) is 4.79 Å². The first-order chi connectivity index (χ1) is 7.68. The quantitative estimate of drug-likeness (QED) is 0.728. The zero-order valence-corrected chi connectivity index (χ0v) is 10.1. The monoisotopic (exact) mass is 222 g/mol. The fourth-order valence-corrected chi connectivity index (χ4v) is 4.15. The Balaban J connectivity index is 1.75. The molecule has 1 aliphatic heterocycles. The number of amides is 1. The Morgan fingerprint density at radius 3 is 2.56 bits per heavy atom. The largest absolute Gasteiger partial charge is 0.340 e. The number of carbonyl (C=O) groups excluding carboxylic acids is 1. The Bertz CT molecular complexity index is 302. The smallest absolute Gasteiger partial charge is 0.227 e. The number of hydrogen-bond donors (Lipinski definition) is 1. The molecule has 2 N–H and O–H groups in total. The summed E-state index contributed by atoms with van der Waals surface area (Å²) >= 11 is 0. The van der Waals surface area contributed by atoms with Crippen LogP contribution < -0.4 is 5.73 Å². The second-order valence-electron chi connectivity index (χ2n) is 5.96. The van der Waals surface area contributed by atoms with Gasteiger partial charge in [-0.25, -0.2) is 0 Å². The molecule has 3 heteroatoms. The van der Waals surface area contributed by atoms with Crippen molar-refractivity contribution in [3.8, 4) is 0 Å². The molecule has 3 aliphatic rings. The van der Waals surface area contributed by atoms with Crippen LogP contribution in [0.3, 0.4) is 0 Å². The van der Waals surface area contributed by atoms with Crippen molar-refractivity contribution in [2.75, 3.05) is 6.54 Å². The van der Waals surface area contributed by atoms with Crippen LogP contribution in [0.25, 0.3) is 0 Å². The van der Waals surface area contributed by atoms with Gasteiger partial charge < -0.3 is 10.6 Å². The van der Waals surface area contributed by atoms with Crippen LogP contribution in [-0.2, 0) is 4.79 Å². The summed E-state index contributed by atoms with van der Waals surface area (Å²) in [7, 11) is 0. The molecule has 2 saturated carbocycles. The Kier molecular flexibility index (Phi) is 2.46. The van der Waals surface area contributed by atoms with Gasteiger partial charge in [0.2, 0.25) is 5.91 Å². The Morgan fingerprint density at radius 2 is 2.00 bits per heavy atom. The normalized spacial score (nSPS) is 46.6. The second kappa shape index (κ2) is 3.73. The van der Waals surface area contributed by atoms with Gasteiger partial charge in [0.05, 0.1) is 5.92 Å². The van der Waals surface area contributed by atoms with Gasteiger partial charge in [-0.15, -0.1) is 0 Å². The molecule has 0 aromatic rings. The summed E-state index contributed by atoms with van der Waals surface area (Å²) in [6.45, 7) is 3.13. The van der Waals surface area contributed by atoms with Crippen LogP contribution >= 0.6 is 0 Å². The number of carbonyl (C=O) groups is 1. The maximum atomic E-state index is 12.5. The lowest BCUT2D eigenvalue weighted by atomic mass is 9.84. The van der Waals surface area contributed by atoms with Crippen LogP contribution in [0.15, 0.2) is 0 Å². The predicted octanol–water partition coefficient (Wildman–Crippen LogP) is 1.37. The van der Waals surface area contributed by atoms with Crippen molar-refractivity contribution in [2.45, 2.75) is 51.1 Å². The van der Waals surface area contributed by atoms with Gasteiger partial charge in [0, 0.05) is 18.6 Å². The molecule has 16 heavy (non-hydrogen) atoms. The predicted molar refractivity (Wildman–Crippen MR) is 62.7 cm³/mol. The molecule has 3 nitrogen and oxygen atoms in total. The molecule has 5 atom stereocenters. The molecule has 3 fully saturated rings. The zero-order valence-electron chi connectivity index (χ0n) is 10.1. The third kappa shape index (κ3) is 1.41. The van der Waals surface area contributed by atoms with Gasteiger partial charge in [-0.3, -0.25) is 4.79 Å². The summed E-state index contributed by atoms with van der Waals surface area (Å²) in [6.07, 6.45) is 6.03. The average Bonchev–Trinajstić information content (AvgIpc) is 2.92. The summed E-state index contributed by atoms with van der Waals surface area (Å²) in [5.74, 6) is 1.75. The summed E-state index contributed by atoms with van der Waals surface area (Å²) in [5.41, 5.74) is 6.23. The van der Waals surface area contributed by atoms with Gasteiger partial charge in [-0.2, -0.15) is 0 Å². The lowest BCUT2D eigenvalue weighted by Gasteiger charge is -2.32. The standard InChI is InChI=1S/C13H22N2O/c1-8-3-2-6-15(8)13(16)11-9-4-5-10(7-9)12(11)14/h8-12H,2-7,14H2,1H3. The molecule has 0 aromatic heterocycles. The first-order valence-electron chi connectivity index (χ1n) is 6.74. The van der Waals surface area contributed by atoms with Crippen LogP contribution in [0, 0.1) is 17.8 Å². The molecule has 0 spiro atoms. The second-order valence-corrected chi connectivity index (χ2v) is 5.96. The highest BCUT2D eigenvalue weighted by Crippen LogP contribution is 2.48. The van der Waals surface area contributed by atoms with E-state index in [-0.39, 0.29) is 12.0 Å². The van der Waals surface area contributed by atoms with Crippen molar-refractivity contribution in [1.29, 1.82) is 0 Å². The van der Waals surface area contributed by atoms with Crippen LogP contribution in [0.4, 0.5) is 0 Å². The lowest BCUT2D eigenvalue weighted by Crippen LogP contribution is -2.48. The summed E-state index contributed by atoms with van der Waals surface area (Å²) in [6, 6.07) is 0.595. The molecule has 1 heterocycles. The van der Waals surface area contributed by atoms with Gasteiger partial charge in [0.1, 0.15) is 0 Å². The van der Waals surface area contributed by atoms with Crippen LogP contribution in [-0.4, -0.2) is 29.4 Å². The van der Waals surface area contributed by atoms with Crippen LogP contribution in [0.1, 0.15) is 39.0 Å². The molecule has 3 rings (SSSR count). The van der Waals surface area contributed by atoms with Gasteiger partial charge in [-0.1, -0.05) is 0 Å². The van der Waals surface area contributed by atoms with E-state index in [2.05, 4.69) is 11.8 Å². The fraction of sp³-hybridized carbons (Fsp3) is 0.923. The van der Waals surface area contributed by atoms with E-state index in [4.69, 9.17) is 5.73 Å². The summed E-state index contributed by atoms with van der Waals surface area (Å²) in [5, 5.41) is 0. The third-order valence-corrected chi connectivity index (χ3v) is 5.10. The van der Waals surface area contributed by atoms with Gasteiger partial charge >= 0.3 is 0 Å². The number of likely N-dealkylation sites (tertiary alicyclic amines) is 1. The Morgan fingerprint density at radius 1 is 1.25 bits per heavy atom. The van der Waals surface area contributed by atoms with Crippen LogP contribution in [0.5, 0.6) is 0 Å². The van der Waals surface area contributed by atoms with Crippen molar-refractivity contribution in [1.82, 2.24) is 4.90 Å². The first kappa shape index (κ1) is 10.6. The van der Waals surface area contributed by atoms with Gasteiger partial charge in [-0.05, 0) is 50.9 Å². The topological polar surface area (TPSA) is 46.3 Å². The number of rotatable bonds is 1.